The highest BCUT2D eigenvalue weighted by atomic mass is 16.1. The van der Waals surface area contributed by atoms with Gasteiger partial charge in [0.2, 0.25) is 0 Å². The van der Waals surface area contributed by atoms with Gasteiger partial charge in [-0.05, 0) is 13.3 Å². The van der Waals surface area contributed by atoms with Crippen LogP contribution in [0.2, 0.25) is 0 Å². The summed E-state index contributed by atoms with van der Waals surface area (Å²) in [5.74, 6) is 1.17. The minimum atomic E-state index is 0.233. The molecule has 4 nitrogen and oxygen atoms in total. The number of rotatable bonds is 4. The van der Waals surface area contributed by atoms with E-state index in [0.29, 0.717) is 6.42 Å². The van der Waals surface area contributed by atoms with E-state index in [4.69, 9.17) is 0 Å². The maximum Gasteiger partial charge on any atom is 0.138 e. The topological polar surface area (TPSA) is 47.8 Å². The number of nitrogens with zero attached hydrogens (tertiary/aromatic N) is 3. The van der Waals surface area contributed by atoms with Crippen molar-refractivity contribution >= 4 is 5.78 Å². The van der Waals surface area contributed by atoms with Crippen LogP contribution in [0.5, 0.6) is 0 Å². The molecular formula is C8H13N3O. The lowest BCUT2D eigenvalue weighted by atomic mass is 10.2. The fourth-order valence-corrected chi connectivity index (χ4v) is 1.04. The molecule has 66 valence electrons. The van der Waals surface area contributed by atoms with Crippen LogP contribution in [0.25, 0.3) is 0 Å². The minimum Gasteiger partial charge on any atom is -0.300 e. The summed E-state index contributed by atoms with van der Waals surface area (Å²) in [6.07, 6.45) is 3.86. The molecule has 0 aliphatic rings. The van der Waals surface area contributed by atoms with E-state index < -0.39 is 0 Å². The highest BCUT2D eigenvalue weighted by molar-refractivity contribution is 5.75. The predicted octanol–water partition coefficient (Wildman–Crippen LogP) is 0.727. The van der Waals surface area contributed by atoms with Crippen molar-refractivity contribution in [3.8, 4) is 0 Å². The van der Waals surface area contributed by atoms with Gasteiger partial charge in [0.15, 0.2) is 0 Å². The van der Waals surface area contributed by atoms with Gasteiger partial charge in [-0.1, -0.05) is 0 Å². The zero-order chi connectivity index (χ0) is 8.97. The molecule has 0 spiro atoms. The molecule has 0 N–H and O–H groups in total. The van der Waals surface area contributed by atoms with Gasteiger partial charge >= 0.3 is 0 Å². The van der Waals surface area contributed by atoms with Crippen LogP contribution in [-0.2, 0) is 18.3 Å². The van der Waals surface area contributed by atoms with Gasteiger partial charge in [0, 0.05) is 19.9 Å². The van der Waals surface area contributed by atoms with E-state index in [2.05, 4.69) is 10.1 Å². The van der Waals surface area contributed by atoms with Gasteiger partial charge in [-0.3, -0.25) is 4.68 Å². The first-order valence-corrected chi connectivity index (χ1v) is 4.02. The number of aryl methyl sites for hydroxylation is 2. The molecule has 0 saturated carbocycles. The third-order valence-electron chi connectivity index (χ3n) is 1.73. The summed E-state index contributed by atoms with van der Waals surface area (Å²) in [7, 11) is 1.86. The Bertz CT molecular complexity index is 267. The van der Waals surface area contributed by atoms with Crippen molar-refractivity contribution in [2.24, 2.45) is 7.05 Å². The Morgan fingerprint density at radius 2 is 2.42 bits per heavy atom. The summed E-state index contributed by atoms with van der Waals surface area (Å²) in [5.41, 5.74) is 0. The van der Waals surface area contributed by atoms with Crippen LogP contribution in [0.4, 0.5) is 0 Å². The average molecular weight is 167 g/mol. The van der Waals surface area contributed by atoms with Gasteiger partial charge in [0.05, 0.1) is 0 Å². The molecule has 0 radical (unpaired) electrons. The highest BCUT2D eigenvalue weighted by Gasteiger charge is 2.00. The number of ketones is 1. The molecule has 0 saturated heterocycles. The summed E-state index contributed by atoms with van der Waals surface area (Å²) in [4.78, 5) is 14.7. The second-order valence-electron chi connectivity index (χ2n) is 2.86. The lowest BCUT2D eigenvalue weighted by molar-refractivity contribution is -0.117. The molecule has 1 aromatic heterocycles. The van der Waals surface area contributed by atoms with Gasteiger partial charge in [-0.2, -0.15) is 5.10 Å². The van der Waals surface area contributed by atoms with Gasteiger partial charge in [-0.25, -0.2) is 4.98 Å². The number of hydrogen-bond acceptors (Lipinski definition) is 3. The molecule has 0 fully saturated rings. The van der Waals surface area contributed by atoms with Gasteiger partial charge in [0.25, 0.3) is 0 Å². The molecule has 0 atom stereocenters. The van der Waals surface area contributed by atoms with Gasteiger partial charge in [-0.15, -0.1) is 0 Å². The van der Waals surface area contributed by atoms with E-state index in [1.165, 1.54) is 6.33 Å². The van der Waals surface area contributed by atoms with Crippen LogP contribution < -0.4 is 0 Å². The first-order chi connectivity index (χ1) is 5.70. The first kappa shape index (κ1) is 8.90. The van der Waals surface area contributed by atoms with Crippen molar-refractivity contribution in [3.05, 3.63) is 12.2 Å². The second kappa shape index (κ2) is 3.99. The molecule has 1 heterocycles. The van der Waals surface area contributed by atoms with Crippen molar-refractivity contribution < 1.29 is 4.79 Å². The van der Waals surface area contributed by atoms with Crippen LogP contribution in [0.15, 0.2) is 6.33 Å². The molecule has 12 heavy (non-hydrogen) atoms. The molecule has 1 rings (SSSR count). The molecule has 0 unspecified atom stereocenters. The number of carbonyl (C=O) groups is 1. The number of carbonyl (C=O) groups excluding carboxylic acids is 1. The Labute approximate surface area is 71.6 Å². The third kappa shape index (κ3) is 2.45. The molecule has 0 bridgehead atoms. The Morgan fingerprint density at radius 3 is 2.92 bits per heavy atom. The van der Waals surface area contributed by atoms with E-state index in [-0.39, 0.29) is 5.78 Å². The SMILES string of the molecule is CC(=O)CCCc1ncnn1C. The average Bonchev–Trinajstić information content (AvgIpc) is 2.36. The van der Waals surface area contributed by atoms with Gasteiger partial charge < -0.3 is 4.79 Å². The van der Waals surface area contributed by atoms with Crippen LogP contribution in [-0.4, -0.2) is 20.5 Å². The van der Waals surface area contributed by atoms with Crippen LogP contribution in [0, 0.1) is 0 Å². The summed E-state index contributed by atoms with van der Waals surface area (Å²) >= 11 is 0. The largest absolute Gasteiger partial charge is 0.300 e. The Kier molecular flexibility index (Phi) is 2.96. The zero-order valence-electron chi connectivity index (χ0n) is 7.45. The molecule has 0 aliphatic carbocycles. The molecular weight excluding hydrogens is 154 g/mol. The summed E-state index contributed by atoms with van der Waals surface area (Å²) in [6.45, 7) is 1.61. The molecule has 0 aromatic carbocycles. The summed E-state index contributed by atoms with van der Waals surface area (Å²) in [5, 5.41) is 3.94. The normalized spacial score (nSPS) is 10.2. The fraction of sp³-hybridized carbons (Fsp3) is 0.625. The van der Waals surface area contributed by atoms with E-state index in [0.717, 1.165) is 18.7 Å². The molecule has 1 aromatic rings. The molecule has 0 aliphatic heterocycles. The van der Waals surface area contributed by atoms with E-state index in [1.807, 2.05) is 7.05 Å². The lowest BCUT2D eigenvalue weighted by Gasteiger charge is -1.97. The van der Waals surface area contributed by atoms with Gasteiger partial charge in [0.1, 0.15) is 17.9 Å². The fourth-order valence-electron chi connectivity index (χ4n) is 1.04. The quantitative estimate of drug-likeness (QED) is 0.664. The number of aromatic nitrogens is 3. The monoisotopic (exact) mass is 167 g/mol. The maximum atomic E-state index is 10.6. The number of hydrogen-bond donors (Lipinski definition) is 0. The predicted molar refractivity (Wildman–Crippen MR) is 44.6 cm³/mol. The Morgan fingerprint density at radius 1 is 1.67 bits per heavy atom. The molecule has 4 heteroatoms. The van der Waals surface area contributed by atoms with Crippen LogP contribution in [0.3, 0.4) is 0 Å². The second-order valence-corrected chi connectivity index (χ2v) is 2.86. The number of Topliss-reactive ketones (excluding diaryl/α,β-unsaturated/α-hetero) is 1. The standard InChI is InChI=1S/C8H13N3O/c1-7(12)4-3-5-8-9-6-10-11(8)2/h6H,3-5H2,1-2H3. The van der Waals surface area contributed by atoms with Crippen LogP contribution >= 0.6 is 0 Å². The Hall–Kier alpha value is -1.19. The van der Waals surface area contributed by atoms with Crippen molar-refractivity contribution in [2.75, 3.05) is 0 Å². The Balaban J connectivity index is 2.33. The van der Waals surface area contributed by atoms with E-state index >= 15 is 0 Å². The van der Waals surface area contributed by atoms with Crippen molar-refractivity contribution in [2.45, 2.75) is 26.2 Å². The van der Waals surface area contributed by atoms with Crippen LogP contribution in [0.1, 0.15) is 25.6 Å². The van der Waals surface area contributed by atoms with Crippen molar-refractivity contribution in [3.63, 3.8) is 0 Å². The smallest absolute Gasteiger partial charge is 0.138 e. The maximum absolute atomic E-state index is 10.6. The van der Waals surface area contributed by atoms with E-state index in [1.54, 1.807) is 11.6 Å². The van der Waals surface area contributed by atoms with E-state index in [9.17, 15) is 4.79 Å². The third-order valence-corrected chi connectivity index (χ3v) is 1.73. The minimum absolute atomic E-state index is 0.233. The zero-order valence-corrected chi connectivity index (χ0v) is 7.45. The first-order valence-electron chi connectivity index (χ1n) is 4.02. The summed E-state index contributed by atoms with van der Waals surface area (Å²) in [6, 6.07) is 0. The van der Waals surface area contributed by atoms with Crippen molar-refractivity contribution in [1.82, 2.24) is 14.8 Å². The molecule has 0 amide bonds. The van der Waals surface area contributed by atoms with Crippen molar-refractivity contribution in [1.29, 1.82) is 0 Å². The summed E-state index contributed by atoms with van der Waals surface area (Å²) < 4.78 is 1.74. The highest BCUT2D eigenvalue weighted by Crippen LogP contribution is 1.99. The lowest BCUT2D eigenvalue weighted by Crippen LogP contribution is -2.01.